The van der Waals surface area contributed by atoms with E-state index in [1.54, 1.807) is 6.07 Å². The van der Waals surface area contributed by atoms with E-state index in [0.29, 0.717) is 24.1 Å². The summed E-state index contributed by atoms with van der Waals surface area (Å²) < 4.78 is 6.80. The van der Waals surface area contributed by atoms with Gasteiger partial charge in [-0.15, -0.1) is 10.2 Å². The molecule has 1 aliphatic rings. The number of nitrogens with zero attached hydrogens (tertiary/aromatic N) is 3. The second kappa shape index (κ2) is 7.47. The normalized spacial score (nSPS) is 15.3. The Bertz CT molecular complexity index is 891. The topological polar surface area (TPSA) is 66.8 Å². The molecule has 4 rings (SSSR count). The van der Waals surface area contributed by atoms with E-state index in [2.05, 4.69) is 31.0 Å². The van der Waals surface area contributed by atoms with Crippen LogP contribution < -0.4 is 9.80 Å². The molecule has 0 bridgehead atoms. The van der Waals surface area contributed by atoms with Crippen molar-refractivity contribution in [1.29, 1.82) is 0 Å². The zero-order valence-electron chi connectivity index (χ0n) is 14.2. The highest BCUT2D eigenvalue weighted by molar-refractivity contribution is 9.10. The number of anilines is 1. The van der Waals surface area contributed by atoms with E-state index < -0.39 is 0 Å². The Morgan fingerprint density at radius 2 is 1.77 bits per heavy atom. The number of quaternary nitrogens is 1. The zero-order chi connectivity index (χ0) is 17.9. The summed E-state index contributed by atoms with van der Waals surface area (Å²) in [7, 11) is 0. The third-order valence-electron chi connectivity index (χ3n) is 4.67. The van der Waals surface area contributed by atoms with Gasteiger partial charge in [-0.25, -0.2) is 0 Å². The minimum atomic E-state index is 0.339. The van der Waals surface area contributed by atoms with Gasteiger partial charge in [0, 0.05) is 4.47 Å². The van der Waals surface area contributed by atoms with Crippen molar-refractivity contribution in [3.05, 3.63) is 58.9 Å². The number of aromatic hydroxyl groups is 1. The highest BCUT2D eigenvalue weighted by Crippen LogP contribution is 2.27. The minimum Gasteiger partial charge on any atom is -0.506 e. The van der Waals surface area contributed by atoms with Crippen LogP contribution in [0.2, 0.25) is 0 Å². The summed E-state index contributed by atoms with van der Waals surface area (Å²) in [5, 5.41) is 18.4. The summed E-state index contributed by atoms with van der Waals surface area (Å²) in [6.45, 7) is 4.41. The van der Waals surface area contributed by atoms with Crippen LogP contribution in [0, 0.1) is 0 Å². The Morgan fingerprint density at radius 1 is 1.04 bits per heavy atom. The fraction of sp³-hybridized carbons (Fsp3) is 0.263. The fourth-order valence-corrected chi connectivity index (χ4v) is 3.71. The molecule has 2 heterocycles. The number of aromatic nitrogens is 2. The molecule has 1 saturated heterocycles. The fourth-order valence-electron chi connectivity index (χ4n) is 3.25. The summed E-state index contributed by atoms with van der Waals surface area (Å²) in [5.41, 5.74) is 1.81. The number of piperazine rings is 1. The summed E-state index contributed by atoms with van der Waals surface area (Å²) in [6, 6.07) is 15.3. The van der Waals surface area contributed by atoms with E-state index in [4.69, 9.17) is 4.42 Å². The molecule has 1 aromatic heterocycles. The molecule has 1 aliphatic heterocycles. The molecule has 0 radical (unpaired) electrons. The number of nitrogens with one attached hydrogen (secondary N) is 1. The lowest BCUT2D eigenvalue weighted by atomic mass is 10.2. The molecule has 26 heavy (non-hydrogen) atoms. The van der Waals surface area contributed by atoms with E-state index in [1.165, 1.54) is 4.90 Å². The Morgan fingerprint density at radius 3 is 2.54 bits per heavy atom. The molecule has 2 aromatic carbocycles. The Hall–Kier alpha value is -2.38. The third kappa shape index (κ3) is 3.59. The van der Waals surface area contributed by atoms with Gasteiger partial charge < -0.3 is 19.3 Å². The van der Waals surface area contributed by atoms with Gasteiger partial charge in [0.15, 0.2) is 6.54 Å². The Labute approximate surface area is 160 Å². The molecule has 1 fully saturated rings. The van der Waals surface area contributed by atoms with Crippen LogP contribution in [0.5, 0.6) is 5.75 Å². The molecule has 0 unspecified atom stereocenters. The Kier molecular flexibility index (Phi) is 4.90. The van der Waals surface area contributed by atoms with Crippen LogP contribution in [0.4, 0.5) is 5.69 Å². The third-order valence-corrected chi connectivity index (χ3v) is 5.36. The standard InChI is InChI=1S/C19H19BrN4O2/c20-15-6-2-1-5-14(15)19-22-21-18(26-19)13-23-9-11-24(12-10-23)16-7-3-4-8-17(16)25/h1-8,25H,9-13H2/p+1. The van der Waals surface area contributed by atoms with Crippen molar-refractivity contribution in [3.8, 4) is 17.2 Å². The molecule has 6 nitrogen and oxygen atoms in total. The monoisotopic (exact) mass is 415 g/mol. The highest BCUT2D eigenvalue weighted by Gasteiger charge is 2.24. The molecule has 0 atom stereocenters. The van der Waals surface area contributed by atoms with Crippen molar-refractivity contribution in [2.75, 3.05) is 31.1 Å². The first kappa shape index (κ1) is 17.1. The number of hydrogen-bond donors (Lipinski definition) is 2. The van der Waals surface area contributed by atoms with Crippen molar-refractivity contribution >= 4 is 21.6 Å². The molecular weight excluding hydrogens is 396 g/mol. The lowest BCUT2D eigenvalue weighted by molar-refractivity contribution is -0.915. The first-order valence-electron chi connectivity index (χ1n) is 8.64. The molecule has 0 saturated carbocycles. The molecule has 7 heteroatoms. The van der Waals surface area contributed by atoms with Gasteiger partial charge in [-0.1, -0.05) is 24.3 Å². The number of halogens is 1. The largest absolute Gasteiger partial charge is 0.506 e. The molecule has 134 valence electrons. The van der Waals surface area contributed by atoms with E-state index in [-0.39, 0.29) is 0 Å². The first-order valence-corrected chi connectivity index (χ1v) is 9.44. The average Bonchev–Trinajstić information content (AvgIpc) is 3.11. The number of rotatable bonds is 4. The Balaban J connectivity index is 1.38. The lowest BCUT2D eigenvalue weighted by Gasteiger charge is -2.33. The predicted octanol–water partition coefficient (Wildman–Crippen LogP) is 2.11. The van der Waals surface area contributed by atoms with Crippen LogP contribution in [0.25, 0.3) is 11.5 Å². The zero-order valence-corrected chi connectivity index (χ0v) is 15.8. The van der Waals surface area contributed by atoms with Crippen LogP contribution in [-0.4, -0.2) is 41.5 Å². The maximum atomic E-state index is 10.0. The van der Waals surface area contributed by atoms with Crippen LogP contribution in [0.1, 0.15) is 5.89 Å². The summed E-state index contributed by atoms with van der Waals surface area (Å²) in [6.07, 6.45) is 0. The van der Waals surface area contributed by atoms with Crippen molar-refractivity contribution in [3.63, 3.8) is 0 Å². The molecule has 0 amide bonds. The van der Waals surface area contributed by atoms with Gasteiger partial charge >= 0.3 is 0 Å². The van der Waals surface area contributed by atoms with E-state index >= 15 is 0 Å². The van der Waals surface area contributed by atoms with E-state index in [0.717, 1.165) is 41.9 Å². The van der Waals surface area contributed by atoms with Gasteiger partial charge in [-0.05, 0) is 40.2 Å². The minimum absolute atomic E-state index is 0.339. The predicted molar refractivity (Wildman–Crippen MR) is 102 cm³/mol. The average molecular weight is 416 g/mol. The number of hydrogen-bond acceptors (Lipinski definition) is 5. The van der Waals surface area contributed by atoms with Crippen LogP contribution in [0.3, 0.4) is 0 Å². The number of phenols is 1. The van der Waals surface area contributed by atoms with E-state index in [1.807, 2.05) is 42.5 Å². The van der Waals surface area contributed by atoms with Gasteiger partial charge in [-0.2, -0.15) is 0 Å². The second-order valence-corrected chi connectivity index (χ2v) is 7.24. The van der Waals surface area contributed by atoms with Crippen molar-refractivity contribution < 1.29 is 14.4 Å². The molecule has 2 N–H and O–H groups in total. The number of benzene rings is 2. The van der Waals surface area contributed by atoms with Crippen molar-refractivity contribution in [2.45, 2.75) is 6.54 Å². The van der Waals surface area contributed by atoms with Gasteiger partial charge in [0.1, 0.15) is 5.75 Å². The molecule has 3 aromatic rings. The molecular formula is C19H20BrN4O2+. The molecule has 0 aliphatic carbocycles. The van der Waals surface area contributed by atoms with Crippen LogP contribution >= 0.6 is 15.9 Å². The summed E-state index contributed by atoms with van der Waals surface area (Å²) in [5.74, 6) is 1.53. The quantitative estimate of drug-likeness (QED) is 0.682. The van der Waals surface area contributed by atoms with Gasteiger partial charge in [-0.3, -0.25) is 0 Å². The van der Waals surface area contributed by atoms with Gasteiger partial charge in [0.25, 0.3) is 5.89 Å². The maximum absolute atomic E-state index is 10.0. The van der Waals surface area contributed by atoms with Crippen LogP contribution in [-0.2, 0) is 6.54 Å². The van der Waals surface area contributed by atoms with E-state index in [9.17, 15) is 5.11 Å². The number of phenolic OH excluding ortho intramolecular Hbond substituents is 1. The second-order valence-electron chi connectivity index (χ2n) is 6.38. The van der Waals surface area contributed by atoms with Gasteiger partial charge in [0.05, 0.1) is 37.4 Å². The molecule has 0 spiro atoms. The lowest BCUT2D eigenvalue weighted by Crippen LogP contribution is -3.13. The maximum Gasteiger partial charge on any atom is 0.271 e. The van der Waals surface area contributed by atoms with Crippen LogP contribution in [0.15, 0.2) is 57.4 Å². The summed E-state index contributed by atoms with van der Waals surface area (Å²) in [4.78, 5) is 3.62. The first-order chi connectivity index (χ1) is 12.7. The van der Waals surface area contributed by atoms with Gasteiger partial charge in [0.2, 0.25) is 5.89 Å². The highest BCUT2D eigenvalue weighted by atomic mass is 79.9. The van der Waals surface area contributed by atoms with Crippen molar-refractivity contribution in [2.24, 2.45) is 0 Å². The summed E-state index contributed by atoms with van der Waals surface area (Å²) >= 11 is 3.52. The number of para-hydroxylation sites is 2. The smallest absolute Gasteiger partial charge is 0.271 e. The SMILES string of the molecule is Oc1ccccc1N1CC[NH+](Cc2nnc(-c3ccccc3Br)o2)CC1. The van der Waals surface area contributed by atoms with Crippen molar-refractivity contribution in [1.82, 2.24) is 10.2 Å².